The van der Waals surface area contributed by atoms with E-state index >= 15 is 0 Å². The highest BCUT2D eigenvalue weighted by Crippen LogP contribution is 2.27. The summed E-state index contributed by atoms with van der Waals surface area (Å²) >= 11 is 5.83. The van der Waals surface area contributed by atoms with Crippen molar-refractivity contribution in [3.8, 4) is 0 Å². The maximum atomic E-state index is 12.9. The highest BCUT2D eigenvalue weighted by atomic mass is 35.5. The number of nitrogens with one attached hydrogen (secondary N) is 10. The van der Waals surface area contributed by atoms with E-state index in [2.05, 4.69) is 156 Å². The number of hydrogen-bond donors (Lipinski definition) is 10. The van der Waals surface area contributed by atoms with Gasteiger partial charge < -0.3 is 53.2 Å². The summed E-state index contributed by atoms with van der Waals surface area (Å²) in [5.74, 6) is -0.638. The maximum Gasteiger partial charge on any atom is 0.251 e. The lowest BCUT2D eigenvalue weighted by Gasteiger charge is -2.27. The molecule has 0 fully saturated rings. The van der Waals surface area contributed by atoms with Gasteiger partial charge in [0.25, 0.3) is 29.5 Å². The molecule has 0 saturated heterocycles. The minimum atomic E-state index is -0.338. The first-order valence-corrected chi connectivity index (χ1v) is 36.3. The molecule has 10 aromatic carbocycles. The topological polar surface area (TPSA) is 206 Å². The Morgan fingerprint density at radius 2 is 0.510 bits per heavy atom. The molecular weight excluding hydrogens is 1320 g/mol. The van der Waals surface area contributed by atoms with Crippen LogP contribution in [-0.2, 0) is 32.1 Å². The van der Waals surface area contributed by atoms with E-state index in [0.29, 0.717) is 65.6 Å². The third kappa shape index (κ3) is 21.3. The number of fused-ring (bicyclic) bond motifs is 5. The van der Waals surface area contributed by atoms with Gasteiger partial charge in [-0.15, -0.1) is 0 Å². The van der Waals surface area contributed by atoms with Gasteiger partial charge in [0.1, 0.15) is 5.82 Å². The molecule has 10 aromatic rings. The molecule has 0 bridgehead atoms. The van der Waals surface area contributed by atoms with Gasteiger partial charge in [0, 0.05) is 95.8 Å². The highest BCUT2D eigenvalue weighted by molar-refractivity contribution is 6.30. The van der Waals surface area contributed by atoms with Crippen molar-refractivity contribution in [3.63, 3.8) is 0 Å². The van der Waals surface area contributed by atoms with Gasteiger partial charge in [-0.3, -0.25) is 24.0 Å². The van der Waals surface area contributed by atoms with E-state index in [9.17, 15) is 28.4 Å². The molecular formula is C87H92ClFN10O5. The van der Waals surface area contributed by atoms with E-state index < -0.39 is 0 Å². The Labute approximate surface area is 615 Å². The zero-order valence-electron chi connectivity index (χ0n) is 59.0. The zero-order valence-corrected chi connectivity index (χ0v) is 59.7. The molecule has 0 radical (unpaired) electrons. The molecule has 0 spiro atoms. The lowest BCUT2D eigenvalue weighted by Crippen LogP contribution is -2.38. The Hall–Kier alpha value is -10.4. The van der Waals surface area contributed by atoms with Crippen molar-refractivity contribution in [1.29, 1.82) is 0 Å². The van der Waals surface area contributed by atoms with Crippen molar-refractivity contribution in [2.24, 2.45) is 0 Å². The molecule has 17 heteroatoms. The number of benzene rings is 10. The van der Waals surface area contributed by atoms with Crippen LogP contribution >= 0.6 is 11.6 Å². The molecule has 0 aliphatic carbocycles. The first kappa shape index (κ1) is 74.7. The molecule has 0 aromatic heterocycles. The lowest BCUT2D eigenvalue weighted by molar-refractivity contribution is 0.0941. The molecule has 104 heavy (non-hydrogen) atoms. The van der Waals surface area contributed by atoms with Gasteiger partial charge in [-0.25, -0.2) is 4.39 Å². The smallest absolute Gasteiger partial charge is 0.251 e. The van der Waals surface area contributed by atoms with E-state index in [-0.39, 0.29) is 65.6 Å². The van der Waals surface area contributed by atoms with Crippen LogP contribution in [0.25, 0.3) is 0 Å². The normalized spacial score (nSPS) is 17.1. The lowest BCUT2D eigenvalue weighted by atomic mass is 9.94. The molecule has 534 valence electrons. The fourth-order valence-corrected chi connectivity index (χ4v) is 13.7. The van der Waals surface area contributed by atoms with Crippen LogP contribution in [0.4, 0.5) is 4.39 Å². The molecule has 0 saturated carbocycles. The number of carbonyl (C=O) groups is 5. The number of amides is 5. The summed E-state index contributed by atoms with van der Waals surface area (Å²) in [7, 11) is 0. The van der Waals surface area contributed by atoms with Crippen molar-refractivity contribution in [1.82, 2.24) is 53.2 Å². The van der Waals surface area contributed by atoms with Crippen LogP contribution in [0.3, 0.4) is 0 Å². The van der Waals surface area contributed by atoms with E-state index in [1.807, 2.05) is 111 Å². The minimum absolute atomic E-state index is 0.0140. The average Bonchev–Trinajstić information content (AvgIpc) is 0.855. The highest BCUT2D eigenvalue weighted by Gasteiger charge is 2.25. The molecule has 5 amide bonds. The second kappa shape index (κ2) is 38.2. The SMILES string of the molecule is Cc1ccc(C(=O)NCC2NCCc3ccccc32)cc1.Cc1ccc(C(=O)NCC2NCCc3ccccc32)cc1.O=C(NCC1NCCc2ccccc21)c1ccc(Cl)cc1.O=C(NCC1NCCc2ccccc21)c1ccc(F)cc1.O=C(NCC1NCCc2ccccc21)c1ccccc1. The summed E-state index contributed by atoms with van der Waals surface area (Å²) < 4.78 is 12.9. The largest absolute Gasteiger partial charge is 0.350 e. The fourth-order valence-electron chi connectivity index (χ4n) is 13.6. The predicted molar refractivity (Wildman–Crippen MR) is 413 cm³/mol. The van der Waals surface area contributed by atoms with Gasteiger partial charge >= 0.3 is 0 Å². The van der Waals surface area contributed by atoms with Crippen LogP contribution in [0.15, 0.2) is 249 Å². The number of hydrogen-bond acceptors (Lipinski definition) is 10. The fraction of sp³-hybridized carbons (Fsp3) is 0.253. The summed E-state index contributed by atoms with van der Waals surface area (Å²) in [5.41, 5.74) is 18.8. The molecule has 5 heterocycles. The standard InChI is InChI=1S/2C18H20N2O.C17H17ClN2O.C17H17FN2O.C17H18N2O/c2*1-13-6-8-15(9-7-13)18(21)20-12-17-16-5-3-2-4-14(16)10-11-19-17;2*18-14-7-5-13(6-8-14)17(21)20-11-16-15-4-2-1-3-12(15)9-10-19-16;20-17(14-7-2-1-3-8-14)19-12-16-15-9-5-4-6-13(15)10-11-18-16/h2*2-9,17,19H,10-12H2,1H3,(H,20,21);2*1-8,16,19H,9-11H2,(H,20,21);1-9,16,18H,10-12H2,(H,19,20). The van der Waals surface area contributed by atoms with Crippen molar-refractivity contribution < 1.29 is 28.4 Å². The number of carbonyl (C=O) groups excluding carboxylic acids is 5. The van der Waals surface area contributed by atoms with Crippen LogP contribution in [-0.4, -0.2) is 95.0 Å². The van der Waals surface area contributed by atoms with Crippen LogP contribution in [0.2, 0.25) is 5.02 Å². The first-order valence-electron chi connectivity index (χ1n) is 36.0. The Kier molecular flexibility index (Phi) is 27.4. The second-order valence-corrected chi connectivity index (χ2v) is 26.9. The van der Waals surface area contributed by atoms with Gasteiger partial charge in [-0.2, -0.15) is 0 Å². The van der Waals surface area contributed by atoms with Crippen LogP contribution < -0.4 is 53.2 Å². The number of rotatable bonds is 15. The van der Waals surface area contributed by atoms with Gasteiger partial charge in [-0.1, -0.05) is 187 Å². The maximum absolute atomic E-state index is 12.9. The zero-order chi connectivity index (χ0) is 72.4. The van der Waals surface area contributed by atoms with Crippen molar-refractivity contribution in [2.45, 2.75) is 76.2 Å². The van der Waals surface area contributed by atoms with Crippen LogP contribution in [0.5, 0.6) is 0 Å². The van der Waals surface area contributed by atoms with Crippen molar-refractivity contribution in [2.75, 3.05) is 65.4 Å². The summed E-state index contributed by atoms with van der Waals surface area (Å²) in [5, 5.41) is 32.9. The monoisotopic (exact) mass is 1410 g/mol. The molecule has 5 unspecified atom stereocenters. The molecule has 15 nitrogen and oxygen atoms in total. The van der Waals surface area contributed by atoms with Crippen molar-refractivity contribution in [3.05, 3.63) is 354 Å². The third-order valence-electron chi connectivity index (χ3n) is 19.3. The van der Waals surface area contributed by atoms with Crippen LogP contribution in [0, 0.1) is 19.7 Å². The Morgan fingerprint density at radius 3 is 0.769 bits per heavy atom. The second-order valence-electron chi connectivity index (χ2n) is 26.4. The van der Waals surface area contributed by atoms with E-state index in [4.69, 9.17) is 11.6 Å². The van der Waals surface area contributed by atoms with Gasteiger partial charge in [0.15, 0.2) is 0 Å². The summed E-state index contributed by atoms with van der Waals surface area (Å²) in [6.45, 7) is 11.7. The summed E-state index contributed by atoms with van der Waals surface area (Å²) in [6.07, 6.45) is 5.22. The van der Waals surface area contributed by atoms with E-state index in [0.717, 1.165) is 76.0 Å². The molecule has 5 atom stereocenters. The van der Waals surface area contributed by atoms with Gasteiger partial charge in [-0.05, 0) is 219 Å². The van der Waals surface area contributed by atoms with Gasteiger partial charge in [0.05, 0.1) is 0 Å². The molecule has 5 aliphatic rings. The molecule has 5 aliphatic heterocycles. The van der Waals surface area contributed by atoms with E-state index in [1.54, 1.807) is 24.3 Å². The first-order chi connectivity index (χ1) is 50.8. The average molecular weight is 1410 g/mol. The summed E-state index contributed by atoms with van der Waals surface area (Å²) in [4.78, 5) is 60.6. The number of aryl methyl sites for hydroxylation is 2. The van der Waals surface area contributed by atoms with E-state index in [1.165, 1.54) is 79.9 Å². The molecule has 10 N–H and O–H groups in total. The Bertz CT molecular complexity index is 4010. The van der Waals surface area contributed by atoms with Gasteiger partial charge in [0.2, 0.25) is 0 Å². The van der Waals surface area contributed by atoms with Crippen molar-refractivity contribution >= 4 is 41.1 Å². The minimum Gasteiger partial charge on any atom is -0.350 e. The quantitative estimate of drug-likeness (QED) is 0.0470. The van der Waals surface area contributed by atoms with Crippen LogP contribution in [0.1, 0.15) is 149 Å². The third-order valence-corrected chi connectivity index (χ3v) is 19.5. The Morgan fingerprint density at radius 1 is 0.298 bits per heavy atom. The predicted octanol–water partition coefficient (Wildman–Crippen LogP) is 12.9. The summed E-state index contributed by atoms with van der Waals surface area (Å²) in [6, 6.07) is 80.0. The Balaban J connectivity index is 0.000000130. The molecule has 15 rings (SSSR count). The number of halogens is 2.